The first-order chi connectivity index (χ1) is 13.5. The van der Waals surface area contributed by atoms with Crippen molar-refractivity contribution in [2.45, 2.75) is 13.8 Å². The van der Waals surface area contributed by atoms with E-state index in [2.05, 4.69) is 47.0 Å². The molecular weight excluding hydrogens is 352 g/mol. The fourth-order valence-corrected chi connectivity index (χ4v) is 3.57. The van der Waals surface area contributed by atoms with Crippen molar-refractivity contribution in [3.63, 3.8) is 0 Å². The van der Waals surface area contributed by atoms with Crippen molar-refractivity contribution >= 4 is 17.4 Å². The highest BCUT2D eigenvalue weighted by Crippen LogP contribution is 2.24. The minimum absolute atomic E-state index is 0.0831. The SMILES string of the molecule is Cc1ccc(C)c(N2CCN(C(=O)c3cnn(-c4ccccn4)c3N)CC2)c1. The van der Waals surface area contributed by atoms with Crippen molar-refractivity contribution in [1.82, 2.24) is 19.7 Å². The molecule has 0 unspecified atom stereocenters. The Labute approximate surface area is 164 Å². The lowest BCUT2D eigenvalue weighted by atomic mass is 10.1. The number of rotatable bonds is 3. The standard InChI is InChI=1S/C21H24N6O/c1-15-6-7-16(2)18(13-15)25-9-11-26(12-10-25)21(28)17-14-24-27(20(17)22)19-5-3-4-8-23-19/h3-8,13-14H,9-12,22H2,1-2H3. The molecule has 28 heavy (non-hydrogen) atoms. The molecule has 0 aliphatic carbocycles. The van der Waals surface area contributed by atoms with Crippen molar-refractivity contribution in [2.75, 3.05) is 36.8 Å². The van der Waals surface area contributed by atoms with E-state index in [9.17, 15) is 4.79 Å². The van der Waals surface area contributed by atoms with E-state index >= 15 is 0 Å². The fraction of sp³-hybridized carbons (Fsp3) is 0.286. The van der Waals surface area contributed by atoms with E-state index in [0.717, 1.165) is 13.1 Å². The van der Waals surface area contributed by atoms with E-state index in [4.69, 9.17) is 5.73 Å². The van der Waals surface area contributed by atoms with Crippen LogP contribution < -0.4 is 10.6 Å². The number of amides is 1. The Morgan fingerprint density at radius 1 is 1.07 bits per heavy atom. The number of carbonyl (C=O) groups is 1. The van der Waals surface area contributed by atoms with Crippen LogP contribution in [-0.4, -0.2) is 51.8 Å². The summed E-state index contributed by atoms with van der Waals surface area (Å²) in [5, 5.41) is 4.26. The molecule has 1 amide bonds. The third-order valence-electron chi connectivity index (χ3n) is 5.18. The first kappa shape index (κ1) is 18.0. The van der Waals surface area contributed by atoms with Crippen molar-refractivity contribution in [2.24, 2.45) is 0 Å². The van der Waals surface area contributed by atoms with Crippen LogP contribution in [0, 0.1) is 13.8 Å². The third-order valence-corrected chi connectivity index (χ3v) is 5.18. The Morgan fingerprint density at radius 2 is 1.86 bits per heavy atom. The molecule has 0 spiro atoms. The van der Waals surface area contributed by atoms with Gasteiger partial charge in [-0.05, 0) is 43.2 Å². The van der Waals surface area contributed by atoms with Gasteiger partial charge in [0, 0.05) is 38.1 Å². The number of nitrogen functional groups attached to an aromatic ring is 1. The number of anilines is 2. The van der Waals surface area contributed by atoms with Crippen LogP contribution in [0.2, 0.25) is 0 Å². The molecule has 2 N–H and O–H groups in total. The van der Waals surface area contributed by atoms with Gasteiger partial charge in [0.2, 0.25) is 0 Å². The molecule has 4 rings (SSSR count). The largest absolute Gasteiger partial charge is 0.383 e. The summed E-state index contributed by atoms with van der Waals surface area (Å²) in [6, 6.07) is 12.0. The number of pyridine rings is 1. The van der Waals surface area contributed by atoms with Gasteiger partial charge in [0.05, 0.1) is 6.20 Å². The molecule has 0 atom stereocenters. The van der Waals surface area contributed by atoms with E-state index in [1.807, 2.05) is 17.0 Å². The number of nitrogens with two attached hydrogens (primary N) is 1. The second-order valence-corrected chi connectivity index (χ2v) is 7.11. The summed E-state index contributed by atoms with van der Waals surface area (Å²) < 4.78 is 1.50. The van der Waals surface area contributed by atoms with Gasteiger partial charge in [-0.2, -0.15) is 9.78 Å². The second-order valence-electron chi connectivity index (χ2n) is 7.11. The Bertz CT molecular complexity index is 989. The fourth-order valence-electron chi connectivity index (χ4n) is 3.57. The molecular formula is C21H24N6O. The summed E-state index contributed by atoms with van der Waals surface area (Å²) in [5.74, 6) is 0.833. The number of piperazine rings is 1. The molecule has 0 saturated carbocycles. The number of hydrogen-bond donors (Lipinski definition) is 1. The maximum absolute atomic E-state index is 13.0. The minimum Gasteiger partial charge on any atom is -0.383 e. The molecule has 3 aromatic rings. The number of aromatic nitrogens is 3. The van der Waals surface area contributed by atoms with E-state index in [1.165, 1.54) is 27.7 Å². The topological polar surface area (TPSA) is 80.3 Å². The maximum atomic E-state index is 13.0. The van der Waals surface area contributed by atoms with Gasteiger partial charge in [0.1, 0.15) is 11.4 Å². The van der Waals surface area contributed by atoms with Crippen LogP contribution in [0.25, 0.3) is 5.82 Å². The molecule has 1 aromatic carbocycles. The number of aryl methyl sites for hydroxylation is 2. The number of benzene rings is 1. The summed E-state index contributed by atoms with van der Waals surface area (Å²) in [7, 11) is 0. The predicted octanol–water partition coefficient (Wildman–Crippen LogP) is 2.43. The second kappa shape index (κ2) is 7.34. The van der Waals surface area contributed by atoms with E-state index < -0.39 is 0 Å². The van der Waals surface area contributed by atoms with E-state index in [0.29, 0.717) is 30.3 Å². The van der Waals surface area contributed by atoms with Crippen molar-refractivity contribution in [3.05, 3.63) is 65.5 Å². The average Bonchev–Trinajstić information content (AvgIpc) is 3.11. The molecule has 1 aliphatic heterocycles. The Kier molecular flexibility index (Phi) is 4.73. The van der Waals surface area contributed by atoms with Gasteiger partial charge in [-0.1, -0.05) is 18.2 Å². The molecule has 1 aliphatic rings. The first-order valence-corrected chi connectivity index (χ1v) is 9.41. The van der Waals surface area contributed by atoms with Crippen LogP contribution in [0.1, 0.15) is 21.5 Å². The molecule has 144 valence electrons. The lowest BCUT2D eigenvalue weighted by Crippen LogP contribution is -2.49. The minimum atomic E-state index is -0.0831. The highest BCUT2D eigenvalue weighted by molar-refractivity contribution is 5.98. The average molecular weight is 376 g/mol. The van der Waals surface area contributed by atoms with Crippen LogP contribution in [0.5, 0.6) is 0 Å². The normalized spacial score (nSPS) is 14.4. The lowest BCUT2D eigenvalue weighted by molar-refractivity contribution is 0.0748. The zero-order valence-corrected chi connectivity index (χ0v) is 16.2. The summed E-state index contributed by atoms with van der Waals surface area (Å²) in [6.07, 6.45) is 3.20. The third kappa shape index (κ3) is 3.31. The molecule has 3 heterocycles. The van der Waals surface area contributed by atoms with Crippen LogP contribution in [0.4, 0.5) is 11.5 Å². The lowest BCUT2D eigenvalue weighted by Gasteiger charge is -2.37. The predicted molar refractivity (Wildman–Crippen MR) is 110 cm³/mol. The van der Waals surface area contributed by atoms with Gasteiger partial charge >= 0.3 is 0 Å². The van der Waals surface area contributed by atoms with E-state index in [1.54, 1.807) is 12.3 Å². The summed E-state index contributed by atoms with van der Waals surface area (Å²) in [4.78, 5) is 21.4. The van der Waals surface area contributed by atoms with Crippen LogP contribution in [-0.2, 0) is 0 Å². The highest BCUT2D eigenvalue weighted by Gasteiger charge is 2.26. The van der Waals surface area contributed by atoms with Gasteiger partial charge in [0.25, 0.3) is 5.91 Å². The smallest absolute Gasteiger partial charge is 0.259 e. The summed E-state index contributed by atoms with van der Waals surface area (Å²) in [5.41, 5.74) is 10.4. The number of carbonyl (C=O) groups excluding carboxylic acids is 1. The van der Waals surface area contributed by atoms with Gasteiger partial charge in [-0.15, -0.1) is 0 Å². The van der Waals surface area contributed by atoms with E-state index in [-0.39, 0.29) is 5.91 Å². The van der Waals surface area contributed by atoms with Crippen molar-refractivity contribution in [3.8, 4) is 5.82 Å². The van der Waals surface area contributed by atoms with Gasteiger partial charge in [-0.3, -0.25) is 4.79 Å². The number of hydrogen-bond acceptors (Lipinski definition) is 5. The molecule has 0 radical (unpaired) electrons. The molecule has 1 saturated heterocycles. The zero-order valence-electron chi connectivity index (χ0n) is 16.2. The quantitative estimate of drug-likeness (QED) is 0.759. The van der Waals surface area contributed by atoms with Crippen molar-refractivity contribution < 1.29 is 4.79 Å². The van der Waals surface area contributed by atoms with Gasteiger partial charge < -0.3 is 15.5 Å². The molecule has 2 aromatic heterocycles. The van der Waals surface area contributed by atoms with Gasteiger partial charge in [-0.25, -0.2) is 4.98 Å². The summed E-state index contributed by atoms with van der Waals surface area (Å²) >= 11 is 0. The first-order valence-electron chi connectivity index (χ1n) is 9.41. The molecule has 7 nitrogen and oxygen atoms in total. The molecule has 7 heteroatoms. The van der Waals surface area contributed by atoms with Gasteiger partial charge in [0.15, 0.2) is 5.82 Å². The van der Waals surface area contributed by atoms with Crippen LogP contribution in [0.15, 0.2) is 48.8 Å². The van der Waals surface area contributed by atoms with Crippen LogP contribution in [0.3, 0.4) is 0 Å². The molecule has 0 bridgehead atoms. The van der Waals surface area contributed by atoms with Crippen molar-refractivity contribution in [1.29, 1.82) is 0 Å². The Hall–Kier alpha value is -3.35. The Balaban J connectivity index is 1.48. The Morgan fingerprint density at radius 3 is 2.57 bits per heavy atom. The maximum Gasteiger partial charge on any atom is 0.259 e. The monoisotopic (exact) mass is 376 g/mol. The number of nitrogens with zero attached hydrogens (tertiary/aromatic N) is 5. The van der Waals surface area contributed by atoms with Crippen LogP contribution >= 0.6 is 0 Å². The molecule has 1 fully saturated rings. The highest BCUT2D eigenvalue weighted by atomic mass is 16.2. The zero-order chi connectivity index (χ0) is 19.7. The summed E-state index contributed by atoms with van der Waals surface area (Å²) in [6.45, 7) is 7.12.